The van der Waals surface area contributed by atoms with Crippen molar-refractivity contribution in [3.05, 3.63) is 29.8 Å². The zero-order valence-electron chi connectivity index (χ0n) is 12.4. The summed E-state index contributed by atoms with van der Waals surface area (Å²) >= 11 is 0. The molecule has 0 saturated heterocycles. The molecule has 112 valence electrons. The van der Waals surface area contributed by atoms with E-state index in [9.17, 15) is 9.59 Å². The Bertz CT molecular complexity index is 533. The lowest BCUT2D eigenvalue weighted by Crippen LogP contribution is -3.12. The average Bonchev–Trinajstić information content (AvgIpc) is 2.51. The van der Waals surface area contributed by atoms with Gasteiger partial charge in [0.1, 0.15) is 6.07 Å². The van der Waals surface area contributed by atoms with Crippen LogP contribution in [-0.2, 0) is 9.59 Å². The molecule has 0 spiro atoms. The minimum Gasteiger partial charge on any atom is -0.342 e. The smallest absolute Gasteiger partial charge is 0.313 e. The molecular weight excluding hydrogens is 268 g/mol. The van der Waals surface area contributed by atoms with Crippen molar-refractivity contribution in [1.29, 1.82) is 5.26 Å². The number of hydrogen-bond acceptors (Lipinski definition) is 3. The van der Waals surface area contributed by atoms with Crippen molar-refractivity contribution in [2.24, 2.45) is 0 Å². The fraction of sp³-hybridized carbons (Fsp3) is 0.400. The number of nitrogens with one attached hydrogen (secondary N) is 3. The first-order valence-corrected chi connectivity index (χ1v) is 7.04. The Kier molecular flexibility index (Phi) is 6.92. The molecule has 0 atom stereocenters. The largest absolute Gasteiger partial charge is 0.342 e. The maximum atomic E-state index is 11.8. The molecule has 0 aliphatic carbocycles. The minimum absolute atomic E-state index is 0.325. The summed E-state index contributed by atoms with van der Waals surface area (Å²) in [5.74, 6) is -1.44. The highest BCUT2D eigenvalue weighted by Gasteiger charge is 2.15. The normalized spacial score (nSPS) is 10.0. The van der Waals surface area contributed by atoms with Crippen LogP contribution < -0.4 is 15.5 Å². The summed E-state index contributed by atoms with van der Waals surface area (Å²) in [6.45, 7) is 7.34. The van der Waals surface area contributed by atoms with Gasteiger partial charge in [0.15, 0.2) is 0 Å². The molecule has 0 aromatic heterocycles. The van der Waals surface area contributed by atoms with Crippen LogP contribution in [0.5, 0.6) is 0 Å². The number of anilines is 1. The third-order valence-corrected chi connectivity index (χ3v) is 3.27. The summed E-state index contributed by atoms with van der Waals surface area (Å²) in [5, 5.41) is 14.0. The molecule has 0 unspecified atom stereocenters. The minimum atomic E-state index is -0.757. The van der Waals surface area contributed by atoms with Crippen molar-refractivity contribution in [2.75, 3.05) is 31.5 Å². The van der Waals surface area contributed by atoms with Gasteiger partial charge in [-0.05, 0) is 26.0 Å². The van der Waals surface area contributed by atoms with Gasteiger partial charge in [0.05, 0.1) is 37.4 Å². The van der Waals surface area contributed by atoms with E-state index in [-0.39, 0.29) is 0 Å². The Hall–Kier alpha value is -2.39. The van der Waals surface area contributed by atoms with E-state index >= 15 is 0 Å². The van der Waals surface area contributed by atoms with E-state index in [1.165, 1.54) is 4.90 Å². The van der Waals surface area contributed by atoms with Crippen molar-refractivity contribution in [1.82, 2.24) is 5.32 Å². The van der Waals surface area contributed by atoms with Crippen LogP contribution in [0.15, 0.2) is 24.3 Å². The molecule has 6 nitrogen and oxygen atoms in total. The van der Waals surface area contributed by atoms with Crippen molar-refractivity contribution < 1.29 is 14.5 Å². The maximum Gasteiger partial charge on any atom is 0.313 e. The SMILES string of the molecule is CC[NH+](CC)CCNC(=O)C(=O)Nc1ccccc1C#N. The molecule has 1 aromatic carbocycles. The molecule has 0 heterocycles. The lowest BCUT2D eigenvalue weighted by atomic mass is 10.2. The van der Waals surface area contributed by atoms with Crippen LogP contribution in [0.25, 0.3) is 0 Å². The van der Waals surface area contributed by atoms with Gasteiger partial charge in [-0.3, -0.25) is 9.59 Å². The zero-order valence-corrected chi connectivity index (χ0v) is 12.4. The molecule has 0 fully saturated rings. The summed E-state index contributed by atoms with van der Waals surface area (Å²) < 4.78 is 0. The van der Waals surface area contributed by atoms with Gasteiger partial charge in [-0.15, -0.1) is 0 Å². The van der Waals surface area contributed by atoms with Gasteiger partial charge in [0.2, 0.25) is 0 Å². The Morgan fingerprint density at radius 3 is 2.48 bits per heavy atom. The lowest BCUT2D eigenvalue weighted by Gasteiger charge is -2.15. The zero-order chi connectivity index (χ0) is 15.7. The van der Waals surface area contributed by atoms with Gasteiger partial charge in [-0.1, -0.05) is 12.1 Å². The standard InChI is InChI=1S/C15H20N4O2/c1-3-19(4-2)10-9-17-14(20)15(21)18-13-8-6-5-7-12(13)11-16/h5-8H,3-4,9-10H2,1-2H3,(H,17,20)(H,18,21)/p+1. The molecule has 3 N–H and O–H groups in total. The highest BCUT2D eigenvalue weighted by molar-refractivity contribution is 6.39. The summed E-state index contributed by atoms with van der Waals surface area (Å²) in [6, 6.07) is 8.52. The highest BCUT2D eigenvalue weighted by atomic mass is 16.2. The molecule has 6 heteroatoms. The monoisotopic (exact) mass is 289 g/mol. The van der Waals surface area contributed by atoms with Gasteiger partial charge < -0.3 is 15.5 Å². The first kappa shape index (κ1) is 16.7. The van der Waals surface area contributed by atoms with E-state index in [1.807, 2.05) is 6.07 Å². The van der Waals surface area contributed by atoms with Crippen LogP contribution in [0.2, 0.25) is 0 Å². The summed E-state index contributed by atoms with van der Waals surface area (Å²) in [4.78, 5) is 24.8. The molecule has 0 radical (unpaired) electrons. The van der Waals surface area contributed by atoms with Crippen molar-refractivity contribution in [3.63, 3.8) is 0 Å². The predicted octanol–water partition coefficient (Wildman–Crippen LogP) is -0.462. The van der Waals surface area contributed by atoms with Crippen molar-refractivity contribution >= 4 is 17.5 Å². The highest BCUT2D eigenvalue weighted by Crippen LogP contribution is 2.12. The van der Waals surface area contributed by atoms with Gasteiger partial charge in [0, 0.05) is 0 Å². The van der Waals surface area contributed by atoms with Gasteiger partial charge in [0.25, 0.3) is 0 Å². The summed E-state index contributed by atoms with van der Waals surface area (Å²) in [6.07, 6.45) is 0. The third-order valence-electron chi connectivity index (χ3n) is 3.27. The van der Waals surface area contributed by atoms with Gasteiger partial charge >= 0.3 is 11.8 Å². The van der Waals surface area contributed by atoms with Crippen LogP contribution in [0.1, 0.15) is 19.4 Å². The number of hydrogen-bond donors (Lipinski definition) is 3. The van der Waals surface area contributed by atoms with Crippen LogP contribution in [0, 0.1) is 11.3 Å². The number of likely N-dealkylation sites (N-methyl/N-ethyl adjacent to an activating group) is 1. The molecule has 0 bridgehead atoms. The van der Waals surface area contributed by atoms with E-state index in [0.29, 0.717) is 17.8 Å². The quantitative estimate of drug-likeness (QED) is 0.619. The van der Waals surface area contributed by atoms with Gasteiger partial charge in [-0.25, -0.2) is 0 Å². The van der Waals surface area contributed by atoms with E-state index < -0.39 is 11.8 Å². The first-order chi connectivity index (χ1) is 10.1. The van der Waals surface area contributed by atoms with Crippen LogP contribution in [0.4, 0.5) is 5.69 Å². The van der Waals surface area contributed by atoms with Crippen molar-refractivity contribution in [2.45, 2.75) is 13.8 Å². The van der Waals surface area contributed by atoms with Crippen LogP contribution in [0.3, 0.4) is 0 Å². The molecule has 0 aliphatic heterocycles. The second-order valence-electron chi connectivity index (χ2n) is 4.57. The summed E-state index contributed by atoms with van der Waals surface area (Å²) in [7, 11) is 0. The van der Waals surface area contributed by atoms with Gasteiger partial charge in [-0.2, -0.15) is 5.26 Å². The molecule has 1 aromatic rings. The van der Waals surface area contributed by atoms with Crippen LogP contribution in [-0.4, -0.2) is 38.0 Å². The topological polar surface area (TPSA) is 86.4 Å². The van der Waals surface area contributed by atoms with E-state index in [4.69, 9.17) is 5.26 Å². The second-order valence-corrected chi connectivity index (χ2v) is 4.57. The van der Waals surface area contributed by atoms with E-state index in [0.717, 1.165) is 19.6 Å². The molecule has 1 rings (SSSR count). The molecule has 21 heavy (non-hydrogen) atoms. The number of quaternary nitrogens is 1. The lowest BCUT2D eigenvalue weighted by molar-refractivity contribution is -0.895. The number of nitrogens with zero attached hydrogens (tertiary/aromatic N) is 1. The number of amides is 2. The number of nitriles is 1. The maximum absolute atomic E-state index is 11.8. The average molecular weight is 289 g/mol. The number of benzene rings is 1. The fourth-order valence-corrected chi connectivity index (χ4v) is 1.91. The Labute approximate surface area is 124 Å². The molecule has 0 saturated carbocycles. The predicted molar refractivity (Wildman–Crippen MR) is 79.7 cm³/mol. The first-order valence-electron chi connectivity index (χ1n) is 7.04. The third kappa shape index (κ3) is 5.24. The van der Waals surface area contributed by atoms with Crippen molar-refractivity contribution in [3.8, 4) is 6.07 Å². The molecule has 0 aliphatic rings. The number of para-hydroxylation sites is 1. The number of carbonyl (C=O) groups is 2. The second kappa shape index (κ2) is 8.72. The Morgan fingerprint density at radius 2 is 1.86 bits per heavy atom. The number of rotatable bonds is 6. The van der Waals surface area contributed by atoms with E-state index in [1.54, 1.807) is 24.3 Å². The van der Waals surface area contributed by atoms with Crippen LogP contribution >= 0.6 is 0 Å². The Balaban J connectivity index is 2.48. The molecular formula is C15H21N4O2+. The van der Waals surface area contributed by atoms with E-state index in [2.05, 4.69) is 24.5 Å². The fourth-order valence-electron chi connectivity index (χ4n) is 1.91. The Morgan fingerprint density at radius 1 is 1.19 bits per heavy atom. The summed E-state index contributed by atoms with van der Waals surface area (Å²) in [5.41, 5.74) is 0.667. The molecule has 2 amide bonds. The number of carbonyl (C=O) groups excluding carboxylic acids is 2.